The number of hydrogen-bond acceptors (Lipinski definition) is 3. The van der Waals surface area contributed by atoms with Crippen molar-refractivity contribution >= 4 is 10.0 Å². The molecule has 1 aliphatic heterocycles. The Morgan fingerprint density at radius 1 is 0.960 bits per heavy atom. The van der Waals surface area contributed by atoms with Gasteiger partial charge in [-0.3, -0.25) is 0 Å². The van der Waals surface area contributed by atoms with Crippen LogP contribution in [-0.4, -0.2) is 21.6 Å². The van der Waals surface area contributed by atoms with Crippen molar-refractivity contribution < 1.29 is 26.3 Å². The third-order valence-electron chi connectivity index (χ3n) is 4.25. The number of benzene rings is 2. The fourth-order valence-corrected chi connectivity index (χ4v) is 4.52. The number of sulfonamides is 1. The summed E-state index contributed by atoms with van der Waals surface area (Å²) in [7, 11) is -4.27. The van der Waals surface area contributed by atoms with Crippen LogP contribution in [0, 0.1) is 17.5 Å². The van der Waals surface area contributed by atoms with Gasteiger partial charge in [-0.05, 0) is 31.0 Å². The second-order valence-electron chi connectivity index (χ2n) is 5.85. The molecule has 0 bridgehead atoms. The number of halogens is 3. The van der Waals surface area contributed by atoms with Crippen molar-refractivity contribution in [1.82, 2.24) is 4.72 Å². The van der Waals surface area contributed by atoms with E-state index in [-0.39, 0.29) is 31.6 Å². The largest absolute Gasteiger partial charge is 0.381 e. The average Bonchev–Trinajstić information content (AvgIpc) is 2.55. The Labute approximate surface area is 143 Å². The van der Waals surface area contributed by atoms with Crippen molar-refractivity contribution in [1.29, 1.82) is 0 Å². The van der Waals surface area contributed by atoms with Crippen LogP contribution in [0.1, 0.15) is 18.4 Å². The van der Waals surface area contributed by atoms with Crippen molar-refractivity contribution in [2.24, 2.45) is 0 Å². The smallest absolute Gasteiger partial charge is 0.244 e. The normalized spacial score (nSPS) is 17.4. The third-order valence-corrected chi connectivity index (χ3v) is 5.82. The van der Waals surface area contributed by atoms with E-state index in [1.807, 2.05) is 0 Å². The molecule has 0 atom stereocenters. The maximum Gasteiger partial charge on any atom is 0.244 e. The topological polar surface area (TPSA) is 55.4 Å². The van der Waals surface area contributed by atoms with Crippen LogP contribution in [0.2, 0.25) is 0 Å². The Morgan fingerprint density at radius 2 is 1.64 bits per heavy atom. The average molecular weight is 371 g/mol. The lowest BCUT2D eigenvalue weighted by Crippen LogP contribution is -2.50. The molecule has 2 aromatic carbocycles. The first-order valence-corrected chi connectivity index (χ1v) is 9.14. The van der Waals surface area contributed by atoms with Gasteiger partial charge in [0.1, 0.15) is 22.3 Å². The minimum atomic E-state index is -4.27. The Hall–Kier alpha value is -1.90. The van der Waals surface area contributed by atoms with E-state index in [9.17, 15) is 21.6 Å². The van der Waals surface area contributed by atoms with Gasteiger partial charge in [-0.15, -0.1) is 0 Å². The Kier molecular flexibility index (Phi) is 4.86. The quantitative estimate of drug-likeness (QED) is 0.899. The van der Waals surface area contributed by atoms with Crippen LogP contribution in [0.4, 0.5) is 13.2 Å². The van der Waals surface area contributed by atoms with Crippen molar-refractivity contribution in [3.63, 3.8) is 0 Å². The number of ether oxygens (including phenoxy) is 1. The molecule has 0 aliphatic carbocycles. The zero-order valence-corrected chi connectivity index (χ0v) is 14.0. The Balaban J connectivity index is 2.06. The molecule has 0 radical (unpaired) electrons. The van der Waals surface area contributed by atoms with Gasteiger partial charge in [0.25, 0.3) is 0 Å². The molecule has 0 aromatic heterocycles. The highest BCUT2D eigenvalue weighted by Crippen LogP contribution is 2.36. The molecular weight excluding hydrogens is 355 g/mol. The molecule has 1 aliphatic rings. The van der Waals surface area contributed by atoms with Crippen LogP contribution in [0.5, 0.6) is 0 Å². The highest BCUT2D eigenvalue weighted by molar-refractivity contribution is 7.89. The molecule has 1 saturated heterocycles. The number of nitrogens with one attached hydrogen (secondary N) is 1. The van der Waals surface area contributed by atoms with Crippen LogP contribution < -0.4 is 4.72 Å². The molecule has 0 amide bonds. The second kappa shape index (κ2) is 6.78. The monoisotopic (exact) mass is 371 g/mol. The standard InChI is InChI=1S/C17H16F3NO3S/c18-12-5-6-13(15(20)11-12)17(7-9-24-10-8-17)21-25(22,23)16-4-2-1-3-14(16)19/h1-6,11,21H,7-10H2. The SMILES string of the molecule is O=S(=O)(NC1(c2ccc(F)cc2F)CCOCC1)c1ccccc1F. The lowest BCUT2D eigenvalue weighted by molar-refractivity contribution is 0.0446. The molecule has 0 saturated carbocycles. The highest BCUT2D eigenvalue weighted by atomic mass is 32.2. The van der Waals surface area contributed by atoms with Crippen LogP contribution in [0.25, 0.3) is 0 Å². The molecule has 25 heavy (non-hydrogen) atoms. The summed E-state index contributed by atoms with van der Waals surface area (Å²) in [4.78, 5) is -0.525. The summed E-state index contributed by atoms with van der Waals surface area (Å²) in [5.41, 5.74) is -1.32. The first kappa shape index (κ1) is 17.9. The van der Waals surface area contributed by atoms with Crippen molar-refractivity contribution in [3.05, 3.63) is 65.5 Å². The van der Waals surface area contributed by atoms with Crippen molar-refractivity contribution in [2.45, 2.75) is 23.3 Å². The maximum absolute atomic E-state index is 14.3. The summed E-state index contributed by atoms with van der Waals surface area (Å²) in [5.74, 6) is -2.53. The summed E-state index contributed by atoms with van der Waals surface area (Å²) < 4.78 is 74.6. The third kappa shape index (κ3) is 3.56. The highest BCUT2D eigenvalue weighted by Gasteiger charge is 2.41. The van der Waals surface area contributed by atoms with E-state index in [0.717, 1.165) is 18.2 Å². The lowest BCUT2D eigenvalue weighted by atomic mass is 9.83. The van der Waals surface area contributed by atoms with Crippen LogP contribution >= 0.6 is 0 Å². The Morgan fingerprint density at radius 3 is 2.28 bits per heavy atom. The van der Waals surface area contributed by atoms with Gasteiger partial charge in [0, 0.05) is 24.8 Å². The van der Waals surface area contributed by atoms with E-state index in [1.165, 1.54) is 18.2 Å². The van der Waals surface area contributed by atoms with Gasteiger partial charge in [0.15, 0.2) is 0 Å². The minimum absolute atomic E-state index is 0.0112. The van der Waals surface area contributed by atoms with Crippen LogP contribution in [0.15, 0.2) is 47.4 Å². The molecule has 0 unspecified atom stereocenters. The summed E-state index contributed by atoms with van der Waals surface area (Å²) in [5, 5.41) is 0. The molecule has 0 spiro atoms. The first-order valence-electron chi connectivity index (χ1n) is 7.66. The van der Waals surface area contributed by atoms with Crippen LogP contribution in [0.3, 0.4) is 0 Å². The molecule has 3 rings (SSSR count). The van der Waals surface area contributed by atoms with E-state index >= 15 is 0 Å². The maximum atomic E-state index is 14.3. The number of hydrogen-bond donors (Lipinski definition) is 1. The van der Waals surface area contributed by atoms with E-state index in [4.69, 9.17) is 4.74 Å². The van der Waals surface area contributed by atoms with Gasteiger partial charge in [0.05, 0.1) is 5.54 Å². The van der Waals surface area contributed by atoms with E-state index in [0.29, 0.717) is 6.07 Å². The molecule has 1 N–H and O–H groups in total. The van der Waals surface area contributed by atoms with Gasteiger partial charge in [-0.25, -0.2) is 26.3 Å². The summed E-state index contributed by atoms with van der Waals surface area (Å²) in [6.45, 7) is 0.382. The molecule has 2 aromatic rings. The summed E-state index contributed by atoms with van der Waals surface area (Å²) >= 11 is 0. The molecule has 8 heteroatoms. The fourth-order valence-electron chi connectivity index (χ4n) is 3.00. The molecule has 1 fully saturated rings. The zero-order chi connectivity index (χ0) is 18.1. The van der Waals surface area contributed by atoms with Gasteiger partial charge in [-0.2, -0.15) is 0 Å². The van der Waals surface area contributed by atoms with Gasteiger partial charge in [0.2, 0.25) is 10.0 Å². The van der Waals surface area contributed by atoms with Crippen molar-refractivity contribution in [2.75, 3.05) is 13.2 Å². The van der Waals surface area contributed by atoms with Crippen molar-refractivity contribution in [3.8, 4) is 0 Å². The van der Waals surface area contributed by atoms with Gasteiger partial charge < -0.3 is 4.74 Å². The summed E-state index contributed by atoms with van der Waals surface area (Å²) in [6, 6.07) is 7.90. The van der Waals surface area contributed by atoms with E-state index < -0.39 is 37.9 Å². The van der Waals surface area contributed by atoms with E-state index in [2.05, 4.69) is 4.72 Å². The fraction of sp³-hybridized carbons (Fsp3) is 0.294. The molecule has 4 nitrogen and oxygen atoms in total. The minimum Gasteiger partial charge on any atom is -0.381 e. The van der Waals surface area contributed by atoms with Crippen LogP contribution in [-0.2, 0) is 20.3 Å². The number of rotatable bonds is 4. The Bertz CT molecular complexity index is 880. The summed E-state index contributed by atoms with van der Waals surface area (Å²) in [6.07, 6.45) is 0.284. The molecule has 134 valence electrons. The zero-order valence-electron chi connectivity index (χ0n) is 13.1. The predicted octanol–water partition coefficient (Wildman–Crippen LogP) is 3.09. The van der Waals surface area contributed by atoms with Gasteiger partial charge >= 0.3 is 0 Å². The molecular formula is C17H16F3NO3S. The first-order chi connectivity index (χ1) is 11.8. The van der Waals surface area contributed by atoms with E-state index in [1.54, 1.807) is 0 Å². The van der Waals surface area contributed by atoms with Gasteiger partial charge in [-0.1, -0.05) is 18.2 Å². The lowest BCUT2D eigenvalue weighted by Gasteiger charge is -2.38. The second-order valence-corrected chi connectivity index (χ2v) is 7.51. The molecule has 1 heterocycles. The predicted molar refractivity (Wildman–Crippen MR) is 84.8 cm³/mol.